The van der Waals surface area contributed by atoms with E-state index in [2.05, 4.69) is 10.6 Å². The molecule has 8 heteroatoms. The van der Waals surface area contributed by atoms with E-state index in [1.807, 2.05) is 20.8 Å². The Morgan fingerprint density at radius 1 is 1.07 bits per heavy atom. The van der Waals surface area contributed by atoms with Crippen molar-refractivity contribution >= 4 is 23.2 Å². The van der Waals surface area contributed by atoms with Gasteiger partial charge in [-0.15, -0.1) is 0 Å². The summed E-state index contributed by atoms with van der Waals surface area (Å²) in [4.78, 5) is 35.1. The molecule has 8 nitrogen and oxygen atoms in total. The summed E-state index contributed by atoms with van der Waals surface area (Å²) in [6.07, 6.45) is -0.875. The Morgan fingerprint density at radius 2 is 1.68 bits per heavy atom. The smallest absolute Gasteiger partial charge is 0.269 e. The second-order valence-corrected chi connectivity index (χ2v) is 7.25. The lowest BCUT2D eigenvalue weighted by atomic mass is 10.1. The SMILES string of the molecule is C[C@H](Oc1ccc([N+](=O)[O-])cc1)C(=O)Nc1ccccc1C(=O)NC(C)(C)C. The van der Waals surface area contributed by atoms with Crippen LogP contribution in [-0.2, 0) is 4.79 Å². The number of carbonyl (C=O) groups is 2. The molecule has 0 heterocycles. The predicted octanol–water partition coefficient (Wildman–Crippen LogP) is 3.53. The van der Waals surface area contributed by atoms with Crippen LogP contribution >= 0.6 is 0 Å². The molecule has 2 rings (SSSR count). The number of ether oxygens (including phenoxy) is 1. The highest BCUT2D eigenvalue weighted by molar-refractivity contribution is 6.04. The summed E-state index contributed by atoms with van der Waals surface area (Å²) in [6.45, 7) is 7.15. The molecule has 2 N–H and O–H groups in total. The van der Waals surface area contributed by atoms with Crippen molar-refractivity contribution in [3.63, 3.8) is 0 Å². The second kappa shape index (κ2) is 8.51. The standard InChI is InChI=1S/C20H23N3O5/c1-13(28-15-11-9-14(10-12-15)23(26)27)18(24)21-17-8-6-5-7-16(17)19(25)22-20(2,3)4/h5-13H,1-4H3,(H,21,24)(H,22,25)/t13-/m0/s1. The number of non-ortho nitro benzene ring substituents is 1. The molecule has 0 bridgehead atoms. The minimum atomic E-state index is -0.875. The first-order valence-electron chi connectivity index (χ1n) is 8.70. The average molecular weight is 385 g/mol. The highest BCUT2D eigenvalue weighted by atomic mass is 16.6. The zero-order valence-electron chi connectivity index (χ0n) is 16.2. The van der Waals surface area contributed by atoms with Gasteiger partial charge in [0.15, 0.2) is 6.10 Å². The number of nitrogens with one attached hydrogen (secondary N) is 2. The molecule has 0 fully saturated rings. The summed E-state index contributed by atoms with van der Waals surface area (Å²) in [7, 11) is 0. The lowest BCUT2D eigenvalue weighted by Crippen LogP contribution is -2.41. The van der Waals surface area contributed by atoms with Crippen molar-refractivity contribution in [1.29, 1.82) is 0 Å². The summed E-state index contributed by atoms with van der Waals surface area (Å²) in [5, 5.41) is 16.2. The maximum Gasteiger partial charge on any atom is 0.269 e. The number of benzene rings is 2. The molecule has 148 valence electrons. The number of nitro groups is 1. The van der Waals surface area contributed by atoms with Crippen molar-refractivity contribution in [2.75, 3.05) is 5.32 Å². The van der Waals surface area contributed by atoms with Gasteiger partial charge in [-0.05, 0) is 52.0 Å². The van der Waals surface area contributed by atoms with Gasteiger partial charge in [-0.3, -0.25) is 19.7 Å². The molecule has 2 aromatic rings. The molecule has 0 aliphatic rings. The minimum absolute atomic E-state index is 0.0664. The van der Waals surface area contributed by atoms with E-state index in [0.717, 1.165) is 0 Å². The summed E-state index contributed by atoms with van der Waals surface area (Å²) in [5.41, 5.74) is 0.227. The number of para-hydroxylation sites is 1. The van der Waals surface area contributed by atoms with Crippen LogP contribution in [0.1, 0.15) is 38.1 Å². The predicted molar refractivity (Wildman–Crippen MR) is 105 cm³/mol. The number of anilines is 1. The van der Waals surface area contributed by atoms with Crippen molar-refractivity contribution < 1.29 is 19.2 Å². The normalized spacial score (nSPS) is 12.0. The molecule has 0 radical (unpaired) electrons. The molecule has 0 aliphatic carbocycles. The summed E-state index contributed by atoms with van der Waals surface area (Å²) in [5.74, 6) is -0.422. The van der Waals surface area contributed by atoms with Crippen LogP contribution in [0.4, 0.5) is 11.4 Å². The van der Waals surface area contributed by atoms with E-state index >= 15 is 0 Å². The van der Waals surface area contributed by atoms with Gasteiger partial charge < -0.3 is 15.4 Å². The Kier molecular flexibility index (Phi) is 6.35. The van der Waals surface area contributed by atoms with Gasteiger partial charge in [0.25, 0.3) is 17.5 Å². The maximum atomic E-state index is 12.5. The lowest BCUT2D eigenvalue weighted by molar-refractivity contribution is -0.384. The van der Waals surface area contributed by atoms with E-state index in [4.69, 9.17) is 4.74 Å². The van der Waals surface area contributed by atoms with Crippen molar-refractivity contribution in [2.24, 2.45) is 0 Å². The number of rotatable bonds is 6. The van der Waals surface area contributed by atoms with Crippen LogP contribution in [0.3, 0.4) is 0 Å². The summed E-state index contributed by atoms with van der Waals surface area (Å²) < 4.78 is 5.53. The molecule has 0 saturated heterocycles. The van der Waals surface area contributed by atoms with Gasteiger partial charge in [0.1, 0.15) is 5.75 Å². The number of carbonyl (C=O) groups excluding carboxylic acids is 2. The maximum absolute atomic E-state index is 12.5. The average Bonchev–Trinajstić information content (AvgIpc) is 2.61. The molecule has 0 unspecified atom stereocenters. The molecular formula is C20H23N3O5. The number of hydrogen-bond acceptors (Lipinski definition) is 5. The van der Waals surface area contributed by atoms with Crippen molar-refractivity contribution in [3.8, 4) is 5.75 Å². The number of hydrogen-bond donors (Lipinski definition) is 2. The quantitative estimate of drug-likeness (QED) is 0.584. The van der Waals surface area contributed by atoms with E-state index in [0.29, 0.717) is 17.0 Å². The molecule has 0 aromatic heterocycles. The van der Waals surface area contributed by atoms with Crippen LogP contribution in [-0.4, -0.2) is 28.4 Å². The summed E-state index contributed by atoms with van der Waals surface area (Å²) >= 11 is 0. The van der Waals surface area contributed by atoms with Gasteiger partial charge in [-0.1, -0.05) is 12.1 Å². The van der Waals surface area contributed by atoms with Crippen LogP contribution in [0.25, 0.3) is 0 Å². The topological polar surface area (TPSA) is 111 Å². The fourth-order valence-electron chi connectivity index (χ4n) is 2.34. The third-order valence-corrected chi connectivity index (χ3v) is 3.65. The zero-order valence-corrected chi connectivity index (χ0v) is 16.2. The van der Waals surface area contributed by atoms with Gasteiger partial charge in [0, 0.05) is 17.7 Å². The fourth-order valence-corrected chi connectivity index (χ4v) is 2.34. The molecular weight excluding hydrogens is 362 g/mol. The Labute approximate surface area is 163 Å². The molecule has 2 amide bonds. The van der Waals surface area contributed by atoms with E-state index in [1.54, 1.807) is 31.2 Å². The van der Waals surface area contributed by atoms with E-state index in [-0.39, 0.29) is 11.6 Å². The molecule has 0 aliphatic heterocycles. The molecule has 28 heavy (non-hydrogen) atoms. The van der Waals surface area contributed by atoms with Crippen LogP contribution in [0.5, 0.6) is 5.75 Å². The molecule has 0 saturated carbocycles. The van der Waals surface area contributed by atoms with Crippen molar-refractivity contribution in [1.82, 2.24) is 5.32 Å². The third-order valence-electron chi connectivity index (χ3n) is 3.65. The van der Waals surface area contributed by atoms with Gasteiger partial charge in [-0.25, -0.2) is 0 Å². The summed E-state index contributed by atoms with van der Waals surface area (Å²) in [6, 6.07) is 12.1. The van der Waals surface area contributed by atoms with E-state index in [9.17, 15) is 19.7 Å². The number of nitro benzene ring substituents is 1. The van der Waals surface area contributed by atoms with Crippen LogP contribution in [0.15, 0.2) is 48.5 Å². The van der Waals surface area contributed by atoms with Crippen LogP contribution in [0.2, 0.25) is 0 Å². The largest absolute Gasteiger partial charge is 0.481 e. The van der Waals surface area contributed by atoms with E-state index in [1.165, 1.54) is 24.3 Å². The van der Waals surface area contributed by atoms with Crippen molar-refractivity contribution in [3.05, 3.63) is 64.2 Å². The van der Waals surface area contributed by atoms with Gasteiger partial charge in [0.2, 0.25) is 0 Å². The van der Waals surface area contributed by atoms with Crippen molar-refractivity contribution in [2.45, 2.75) is 39.3 Å². The van der Waals surface area contributed by atoms with Crippen LogP contribution < -0.4 is 15.4 Å². The first-order valence-corrected chi connectivity index (χ1v) is 8.70. The monoisotopic (exact) mass is 385 g/mol. The lowest BCUT2D eigenvalue weighted by Gasteiger charge is -2.22. The van der Waals surface area contributed by atoms with E-state index < -0.39 is 22.5 Å². The Morgan fingerprint density at radius 3 is 2.25 bits per heavy atom. The highest BCUT2D eigenvalue weighted by Gasteiger charge is 2.21. The third kappa shape index (κ3) is 5.80. The fraction of sp³-hybridized carbons (Fsp3) is 0.300. The molecule has 0 spiro atoms. The van der Waals surface area contributed by atoms with Gasteiger partial charge >= 0.3 is 0 Å². The minimum Gasteiger partial charge on any atom is -0.481 e. The first kappa shape index (κ1) is 20.9. The Bertz CT molecular complexity index is 872. The highest BCUT2D eigenvalue weighted by Crippen LogP contribution is 2.20. The Balaban J connectivity index is 2.08. The second-order valence-electron chi connectivity index (χ2n) is 7.25. The first-order chi connectivity index (χ1) is 13.1. The van der Waals surface area contributed by atoms with Gasteiger partial charge in [-0.2, -0.15) is 0 Å². The zero-order chi connectivity index (χ0) is 20.9. The number of nitrogens with zero attached hydrogens (tertiary/aromatic N) is 1. The van der Waals surface area contributed by atoms with Crippen LogP contribution in [0, 0.1) is 10.1 Å². The van der Waals surface area contributed by atoms with Gasteiger partial charge in [0.05, 0.1) is 16.2 Å². The Hall–Kier alpha value is -3.42. The molecule has 2 aromatic carbocycles. The molecule has 1 atom stereocenters. The number of amides is 2.